The first-order chi connectivity index (χ1) is 27.9. The minimum Gasteiger partial charge on any atom is -0.0622 e. The molecule has 0 fully saturated rings. The first-order valence-corrected chi connectivity index (χ1v) is 10.5. The van der Waals surface area contributed by atoms with Crippen LogP contribution in [-0.4, -0.2) is 0 Å². The Kier molecular flexibility index (Phi) is 1.81. The highest BCUT2D eigenvalue weighted by molar-refractivity contribution is 6.21. The molecule has 0 aromatic heterocycles. The van der Waals surface area contributed by atoms with E-state index in [1.165, 1.54) is 0 Å². The van der Waals surface area contributed by atoms with Gasteiger partial charge in [0, 0.05) is 0 Å². The van der Waals surface area contributed by atoms with Crippen molar-refractivity contribution in [3.05, 3.63) is 145 Å². The van der Waals surface area contributed by atoms with E-state index in [0.717, 1.165) is 0 Å². The molecule has 0 radical (unpaired) electrons. The zero-order valence-electron chi connectivity index (χ0n) is 42.0. The van der Waals surface area contributed by atoms with Gasteiger partial charge in [-0.15, -0.1) is 0 Å². The van der Waals surface area contributed by atoms with Crippen LogP contribution in [0.1, 0.15) is 32.9 Å². The van der Waals surface area contributed by atoms with E-state index in [0.29, 0.717) is 0 Å². The second-order valence-electron chi connectivity index (χ2n) is 7.50. The Bertz CT molecular complexity index is 3040. The maximum atomic E-state index is 9.36. The fourth-order valence-electron chi connectivity index (χ4n) is 4.06. The zero-order chi connectivity index (χ0) is 44.8. The molecular weight excluding hydrogens is 432 g/mol. The van der Waals surface area contributed by atoms with Crippen molar-refractivity contribution < 1.29 is 32.9 Å². The molecule has 0 atom stereocenters. The summed E-state index contributed by atoms with van der Waals surface area (Å²) >= 11 is 0. The molecule has 0 heterocycles. The van der Waals surface area contributed by atoms with Crippen LogP contribution in [0, 0.1) is 0 Å². The van der Waals surface area contributed by atoms with Gasteiger partial charge in [0.1, 0.15) is 0 Å². The van der Waals surface area contributed by atoms with Crippen molar-refractivity contribution in [1.82, 2.24) is 0 Å². The highest BCUT2D eigenvalue weighted by Gasteiger charge is 2.16. The summed E-state index contributed by atoms with van der Waals surface area (Å²) in [5, 5.41) is -3.79. The summed E-state index contributed by atoms with van der Waals surface area (Å²) in [6.07, 6.45) is 0. The first-order valence-electron chi connectivity index (χ1n) is 22.5. The second-order valence-corrected chi connectivity index (χ2v) is 7.50. The van der Waals surface area contributed by atoms with Crippen molar-refractivity contribution >= 4 is 32.3 Å². The van der Waals surface area contributed by atoms with Gasteiger partial charge < -0.3 is 0 Å². The molecule has 0 unspecified atom stereocenters. The number of benzene rings is 7. The molecule has 7 rings (SSSR count). The molecule has 168 valence electrons. The van der Waals surface area contributed by atoms with Gasteiger partial charge in [0.05, 0.1) is 32.9 Å². The van der Waals surface area contributed by atoms with Crippen LogP contribution >= 0.6 is 0 Å². The lowest BCUT2D eigenvalue weighted by Gasteiger charge is -2.18. The molecule has 0 amide bonds. The van der Waals surface area contributed by atoms with Crippen LogP contribution in [-0.2, 0) is 0 Å². The first kappa shape index (κ1) is 7.66. The summed E-state index contributed by atoms with van der Waals surface area (Å²) in [5.41, 5.74) is -4.29. The Morgan fingerprint density at radius 3 is 1.31 bits per heavy atom. The summed E-state index contributed by atoms with van der Waals surface area (Å²) in [5.74, 6) is 0. The lowest BCUT2D eigenvalue weighted by molar-refractivity contribution is 1.63. The fourth-order valence-corrected chi connectivity index (χ4v) is 4.06. The second kappa shape index (κ2) is 8.52. The monoisotopic (exact) mass is 480 g/mol. The van der Waals surface area contributed by atoms with Crippen molar-refractivity contribution in [3.63, 3.8) is 0 Å². The summed E-state index contributed by atoms with van der Waals surface area (Å²) in [7, 11) is 0. The Labute approximate surface area is 244 Å². The fraction of sp³-hybridized carbons (Fsp3) is 0. The molecular formula is C36H24. The number of rotatable bonds is 3. The lowest BCUT2D eigenvalue weighted by Crippen LogP contribution is -1.90. The third kappa shape index (κ3) is 3.31. The number of hydrogen-bond acceptors (Lipinski definition) is 0. The number of fused-ring (bicyclic) bond motifs is 3. The highest BCUT2D eigenvalue weighted by Crippen LogP contribution is 2.43. The van der Waals surface area contributed by atoms with Crippen molar-refractivity contribution in [1.29, 1.82) is 0 Å². The van der Waals surface area contributed by atoms with Crippen LogP contribution in [0.4, 0.5) is 0 Å². The van der Waals surface area contributed by atoms with Gasteiger partial charge in [-0.25, -0.2) is 0 Å². The minimum atomic E-state index is -1.04. The van der Waals surface area contributed by atoms with Crippen molar-refractivity contribution in [3.8, 4) is 33.4 Å². The lowest BCUT2D eigenvalue weighted by atomic mass is 9.85. The third-order valence-corrected chi connectivity index (χ3v) is 5.56. The van der Waals surface area contributed by atoms with Gasteiger partial charge in [0.2, 0.25) is 0 Å². The maximum absolute atomic E-state index is 9.36. The molecule has 0 spiro atoms. The molecule has 36 heavy (non-hydrogen) atoms. The van der Waals surface area contributed by atoms with Crippen LogP contribution in [0.3, 0.4) is 0 Å². The molecule has 0 aliphatic heterocycles. The molecule has 0 bridgehead atoms. The zero-order valence-corrected chi connectivity index (χ0v) is 18.0. The van der Waals surface area contributed by atoms with Crippen LogP contribution in [0.5, 0.6) is 0 Å². The Morgan fingerprint density at radius 2 is 0.722 bits per heavy atom. The van der Waals surface area contributed by atoms with Gasteiger partial charge >= 0.3 is 0 Å². The average molecular weight is 481 g/mol. The Morgan fingerprint density at radius 1 is 0.306 bits per heavy atom. The van der Waals surface area contributed by atoms with E-state index in [2.05, 4.69) is 0 Å². The molecule has 7 aromatic rings. The average Bonchev–Trinajstić information content (AvgIpc) is 3.22. The molecule has 0 saturated heterocycles. The van der Waals surface area contributed by atoms with Crippen LogP contribution in [0.15, 0.2) is 145 Å². The largest absolute Gasteiger partial charge is 0.0629 e. The summed E-state index contributed by atoms with van der Waals surface area (Å²) in [6.45, 7) is 0. The van der Waals surface area contributed by atoms with E-state index in [-0.39, 0.29) is 0 Å². The smallest absolute Gasteiger partial charge is 0.0622 e. The predicted octanol–water partition coefficient (Wildman–Crippen LogP) is 10.1. The van der Waals surface area contributed by atoms with E-state index < -0.39 is 211 Å². The Hall–Kier alpha value is -4.68. The van der Waals surface area contributed by atoms with E-state index >= 15 is 0 Å². The van der Waals surface area contributed by atoms with E-state index in [1.807, 2.05) is 0 Å². The van der Waals surface area contributed by atoms with Gasteiger partial charge in [0.15, 0.2) is 0 Å². The van der Waals surface area contributed by atoms with Crippen molar-refractivity contribution in [2.75, 3.05) is 0 Å². The third-order valence-electron chi connectivity index (χ3n) is 5.56. The normalized spacial score (nSPS) is 20.7. The van der Waals surface area contributed by atoms with E-state index in [4.69, 9.17) is 27.4 Å². The quantitative estimate of drug-likeness (QED) is 0.221. The van der Waals surface area contributed by atoms with Crippen molar-refractivity contribution in [2.24, 2.45) is 0 Å². The van der Waals surface area contributed by atoms with Crippen LogP contribution < -0.4 is 0 Å². The molecule has 0 aliphatic rings. The van der Waals surface area contributed by atoms with Gasteiger partial charge in [-0.3, -0.25) is 0 Å². The highest BCUT2D eigenvalue weighted by atomic mass is 14.2. The molecule has 0 heteroatoms. The maximum Gasteiger partial charge on any atom is 0.0629 e. The van der Waals surface area contributed by atoms with Gasteiger partial charge in [-0.2, -0.15) is 0 Å². The van der Waals surface area contributed by atoms with Crippen LogP contribution in [0.25, 0.3) is 65.7 Å². The van der Waals surface area contributed by atoms with Crippen molar-refractivity contribution in [2.45, 2.75) is 0 Å². The molecule has 0 saturated carbocycles. The standard InChI is InChI=1S/C36H24/c1-2-12-27(13-3-1)35-31-16-6-8-18-33(31)36(34-19-9-7-17-32(34)35)28-23-21-26(22-24-28)30-20-10-14-25-11-4-5-15-29(25)30/h1-24H/i1D,2D,3D,4D,5D,6D,7D,8D,9D,10D,11D,12D,13D,14D,15D,16D,17D,18D,19D,20D,21D,22D,23D,24D. The molecule has 0 nitrogen and oxygen atoms in total. The topological polar surface area (TPSA) is 0 Å². The molecule has 0 N–H and O–H groups in total. The SMILES string of the molecule is [2H]c1c([2H])c([2H])c(-c2c3c([2H])c([2H])c([2H])c([2H])c3c(-c3c([2H])c([2H])c(-c4c([2H])c([2H])c([2H])c5c([2H])c([2H])c([2H])c([2H])c45)c([2H])c3[2H])c3c([2H])c([2H])c([2H])c([2H])c23)c([2H])c1[2H]. The molecule has 0 aliphatic carbocycles. The van der Waals surface area contributed by atoms with Crippen LogP contribution in [0.2, 0.25) is 0 Å². The summed E-state index contributed by atoms with van der Waals surface area (Å²) < 4.78 is 210. The summed E-state index contributed by atoms with van der Waals surface area (Å²) in [4.78, 5) is 0. The predicted molar refractivity (Wildman–Crippen MR) is 155 cm³/mol. The van der Waals surface area contributed by atoms with E-state index in [1.54, 1.807) is 0 Å². The van der Waals surface area contributed by atoms with Gasteiger partial charge in [-0.05, 0) is 65.7 Å². The van der Waals surface area contributed by atoms with E-state index in [9.17, 15) is 5.48 Å². The minimum absolute atomic E-state index is 0.551. The summed E-state index contributed by atoms with van der Waals surface area (Å²) in [6, 6.07) is -21.8. The Balaban J connectivity index is 1.82. The molecule has 7 aromatic carbocycles. The van der Waals surface area contributed by atoms with Gasteiger partial charge in [0.25, 0.3) is 0 Å². The number of hydrogen-bond donors (Lipinski definition) is 0. The van der Waals surface area contributed by atoms with Gasteiger partial charge in [-0.1, -0.05) is 145 Å².